The van der Waals surface area contributed by atoms with Crippen molar-refractivity contribution in [3.63, 3.8) is 0 Å². The molecule has 0 aliphatic heterocycles. The van der Waals surface area contributed by atoms with Gasteiger partial charge in [-0.1, -0.05) is 56.1 Å². The van der Waals surface area contributed by atoms with Crippen LogP contribution in [-0.4, -0.2) is 35.5 Å². The average Bonchev–Trinajstić information content (AvgIpc) is 3.09. The van der Waals surface area contributed by atoms with Crippen molar-refractivity contribution < 1.29 is 42.9 Å². The van der Waals surface area contributed by atoms with Crippen LogP contribution < -0.4 is 18.9 Å². The maximum Gasteiger partial charge on any atom is 0.356 e. The van der Waals surface area contributed by atoms with Gasteiger partial charge in [0, 0.05) is 36.4 Å². The van der Waals surface area contributed by atoms with Crippen molar-refractivity contribution in [1.82, 2.24) is 4.98 Å². The molecule has 232 valence electrons. The summed E-state index contributed by atoms with van der Waals surface area (Å²) in [5.41, 5.74) is 3.47. The second-order valence-electron chi connectivity index (χ2n) is 9.43. The molecule has 0 fully saturated rings. The quantitative estimate of drug-likeness (QED) is 0.0942. The van der Waals surface area contributed by atoms with Gasteiger partial charge in [0.05, 0.1) is 6.61 Å². The van der Waals surface area contributed by atoms with Crippen LogP contribution in [-0.2, 0) is 32.1 Å². The van der Waals surface area contributed by atoms with Crippen LogP contribution in [0.4, 0.5) is 0 Å². The molecule has 1 aromatic heterocycles. The molecule has 0 atom stereocenters. The van der Waals surface area contributed by atoms with E-state index in [1.807, 2.05) is 24.3 Å². The zero-order chi connectivity index (χ0) is 32.9. The monoisotopic (exact) mass is 619 g/mol. The molecule has 0 saturated carbocycles. The molecule has 0 aliphatic rings. The zero-order valence-electron chi connectivity index (χ0n) is 24.7. The highest BCUT2D eigenvalue weighted by Crippen LogP contribution is 2.29. The van der Waals surface area contributed by atoms with E-state index >= 15 is 0 Å². The van der Waals surface area contributed by atoms with Gasteiger partial charge in [0.15, 0.2) is 11.5 Å². The summed E-state index contributed by atoms with van der Waals surface area (Å²) < 4.78 is 26.5. The van der Waals surface area contributed by atoms with Crippen molar-refractivity contribution in [3.05, 3.63) is 140 Å². The van der Waals surface area contributed by atoms with Crippen LogP contribution in [0.3, 0.4) is 0 Å². The summed E-state index contributed by atoms with van der Waals surface area (Å²) in [6, 6.07) is 22.4. The summed E-state index contributed by atoms with van der Waals surface area (Å²) in [6.45, 7) is 10.4. The summed E-state index contributed by atoms with van der Waals surface area (Å²) in [4.78, 5) is 51.4. The smallest absolute Gasteiger partial charge is 0.356 e. The minimum Gasteiger partial charge on any atom is -0.489 e. The Kier molecular flexibility index (Phi) is 11.3. The van der Waals surface area contributed by atoms with Gasteiger partial charge >= 0.3 is 23.9 Å². The van der Waals surface area contributed by atoms with Gasteiger partial charge in [0.2, 0.25) is 0 Å². The third kappa shape index (κ3) is 9.35. The van der Waals surface area contributed by atoms with E-state index in [0.717, 1.165) is 34.9 Å². The van der Waals surface area contributed by atoms with Gasteiger partial charge in [-0.3, -0.25) is 0 Å². The van der Waals surface area contributed by atoms with E-state index in [-0.39, 0.29) is 23.8 Å². The van der Waals surface area contributed by atoms with Gasteiger partial charge in [0.1, 0.15) is 23.8 Å². The standard InChI is InChI=1S/C36H29NO9/c1-4-33(38)44-29-15-13-28(14-16-29)43-23-25-7-10-26(11-8-25)27-12-17-30(37-22-27)36(41)42-20-19-24-9-18-31(45-34(39)5-2)32(21-24)46-35(40)6-3/h4-18,21-22H,1-3,19-20,23H2. The molecule has 10 heteroatoms. The van der Waals surface area contributed by atoms with Gasteiger partial charge in [-0.15, -0.1) is 0 Å². The van der Waals surface area contributed by atoms with Gasteiger partial charge < -0.3 is 23.7 Å². The Bertz CT molecular complexity index is 1740. The van der Waals surface area contributed by atoms with Crippen molar-refractivity contribution in [1.29, 1.82) is 0 Å². The molecular weight excluding hydrogens is 590 g/mol. The third-order valence-corrected chi connectivity index (χ3v) is 6.26. The predicted molar refractivity (Wildman–Crippen MR) is 168 cm³/mol. The number of rotatable bonds is 14. The van der Waals surface area contributed by atoms with Gasteiger partial charge in [-0.25, -0.2) is 24.2 Å². The summed E-state index contributed by atoms with van der Waals surface area (Å²) in [7, 11) is 0. The Labute approximate surface area is 265 Å². The molecule has 0 bridgehead atoms. The highest BCUT2D eigenvalue weighted by Gasteiger charge is 2.14. The minimum absolute atomic E-state index is 0.0155. The molecular formula is C36H29NO9. The number of hydrogen-bond donors (Lipinski definition) is 0. The molecule has 0 radical (unpaired) electrons. The first-order valence-corrected chi connectivity index (χ1v) is 13.9. The lowest BCUT2D eigenvalue weighted by molar-refractivity contribution is -0.131. The van der Waals surface area contributed by atoms with E-state index in [1.165, 1.54) is 12.1 Å². The summed E-state index contributed by atoms with van der Waals surface area (Å²) in [6.07, 6.45) is 4.94. The fourth-order valence-electron chi connectivity index (χ4n) is 3.91. The van der Waals surface area contributed by atoms with E-state index in [9.17, 15) is 19.2 Å². The number of benzene rings is 3. The Balaban J connectivity index is 1.28. The summed E-state index contributed by atoms with van der Waals surface area (Å²) >= 11 is 0. The molecule has 0 N–H and O–H groups in total. The Morgan fingerprint density at radius 1 is 0.630 bits per heavy atom. The third-order valence-electron chi connectivity index (χ3n) is 6.26. The van der Waals surface area contributed by atoms with Crippen LogP contribution in [0.2, 0.25) is 0 Å². The lowest BCUT2D eigenvalue weighted by atomic mass is 10.1. The molecule has 0 unspecified atom stereocenters. The Hall–Kier alpha value is -6.29. The van der Waals surface area contributed by atoms with Gasteiger partial charge in [-0.05, 0) is 59.2 Å². The molecule has 0 amide bonds. The molecule has 10 nitrogen and oxygen atoms in total. The van der Waals surface area contributed by atoms with Crippen LogP contribution in [0.15, 0.2) is 123 Å². The molecule has 4 aromatic rings. The number of hydrogen-bond acceptors (Lipinski definition) is 10. The van der Waals surface area contributed by atoms with Crippen molar-refractivity contribution in [3.8, 4) is 34.1 Å². The second kappa shape index (κ2) is 16.0. The summed E-state index contributed by atoms with van der Waals surface area (Å²) in [5.74, 6) is -1.50. The molecule has 3 aromatic carbocycles. The van der Waals surface area contributed by atoms with Crippen LogP contribution in [0.25, 0.3) is 11.1 Å². The molecule has 1 heterocycles. The average molecular weight is 620 g/mol. The van der Waals surface area contributed by atoms with Gasteiger partial charge in [-0.2, -0.15) is 0 Å². The van der Waals surface area contributed by atoms with Crippen LogP contribution in [0.1, 0.15) is 21.6 Å². The van der Waals surface area contributed by atoms with Crippen molar-refractivity contribution >= 4 is 23.9 Å². The number of pyridine rings is 1. The van der Waals surface area contributed by atoms with E-state index < -0.39 is 23.9 Å². The fraction of sp³-hybridized carbons (Fsp3) is 0.0833. The first kappa shape index (κ1) is 32.6. The lowest BCUT2D eigenvalue weighted by Crippen LogP contribution is -2.11. The zero-order valence-corrected chi connectivity index (χ0v) is 24.7. The number of aromatic nitrogens is 1. The Morgan fingerprint density at radius 2 is 1.22 bits per heavy atom. The number of esters is 4. The Morgan fingerprint density at radius 3 is 1.85 bits per heavy atom. The second-order valence-corrected chi connectivity index (χ2v) is 9.43. The number of carbonyl (C=O) groups is 4. The fourth-order valence-corrected chi connectivity index (χ4v) is 3.91. The van der Waals surface area contributed by atoms with Crippen molar-refractivity contribution in [2.45, 2.75) is 13.0 Å². The molecule has 4 rings (SSSR count). The minimum atomic E-state index is -0.728. The maximum absolute atomic E-state index is 12.6. The van der Waals surface area contributed by atoms with Crippen molar-refractivity contribution in [2.24, 2.45) is 0 Å². The van der Waals surface area contributed by atoms with E-state index in [4.69, 9.17) is 23.7 Å². The molecule has 0 saturated heterocycles. The van der Waals surface area contributed by atoms with E-state index in [1.54, 1.807) is 48.7 Å². The van der Waals surface area contributed by atoms with Crippen LogP contribution >= 0.6 is 0 Å². The highest BCUT2D eigenvalue weighted by atomic mass is 16.6. The lowest BCUT2D eigenvalue weighted by Gasteiger charge is -2.11. The topological polar surface area (TPSA) is 127 Å². The largest absolute Gasteiger partial charge is 0.489 e. The number of nitrogens with zero attached hydrogens (tertiary/aromatic N) is 1. The predicted octanol–water partition coefficient (Wildman–Crippen LogP) is 6.00. The van der Waals surface area contributed by atoms with Crippen molar-refractivity contribution in [2.75, 3.05) is 6.61 Å². The molecule has 0 aliphatic carbocycles. The first-order valence-electron chi connectivity index (χ1n) is 13.9. The SMILES string of the molecule is C=CC(=O)Oc1ccc(OCc2ccc(-c3ccc(C(=O)OCCc4ccc(OC(=O)C=C)c(OC(=O)C=C)c4)nc3)cc2)cc1. The first-order chi connectivity index (χ1) is 22.3. The van der Waals surface area contributed by atoms with Crippen LogP contribution in [0, 0.1) is 0 Å². The van der Waals surface area contributed by atoms with Crippen LogP contribution in [0.5, 0.6) is 23.0 Å². The molecule has 0 spiro atoms. The highest BCUT2D eigenvalue weighted by molar-refractivity contribution is 5.88. The number of ether oxygens (including phenoxy) is 5. The molecule has 46 heavy (non-hydrogen) atoms. The number of carbonyl (C=O) groups excluding carboxylic acids is 4. The maximum atomic E-state index is 12.6. The van der Waals surface area contributed by atoms with Gasteiger partial charge in [0.25, 0.3) is 0 Å². The van der Waals surface area contributed by atoms with E-state index in [2.05, 4.69) is 24.7 Å². The van der Waals surface area contributed by atoms with E-state index in [0.29, 0.717) is 30.1 Å². The summed E-state index contributed by atoms with van der Waals surface area (Å²) in [5, 5.41) is 0. The normalized spacial score (nSPS) is 10.2.